The van der Waals surface area contributed by atoms with Crippen molar-refractivity contribution in [3.63, 3.8) is 0 Å². The van der Waals surface area contributed by atoms with Gasteiger partial charge in [-0.2, -0.15) is 11.8 Å². The number of rotatable bonds is 3. The fourth-order valence-corrected chi connectivity index (χ4v) is 7.20. The Hall–Kier alpha value is 0.780. The predicted octanol–water partition coefficient (Wildman–Crippen LogP) is 4.92. The highest BCUT2D eigenvalue weighted by Gasteiger charge is 2.30. The van der Waals surface area contributed by atoms with Crippen LogP contribution in [0.1, 0.15) is 58.8 Å². The van der Waals surface area contributed by atoms with Crippen LogP contribution in [0, 0.1) is 5.92 Å². The molecular formula is C14H27PS. The van der Waals surface area contributed by atoms with E-state index in [0.717, 1.165) is 22.1 Å². The van der Waals surface area contributed by atoms with Gasteiger partial charge in [0.2, 0.25) is 0 Å². The number of thioether (sulfide) groups is 1. The van der Waals surface area contributed by atoms with Crippen molar-refractivity contribution in [2.75, 3.05) is 6.16 Å². The number of hydrogen-bond donors (Lipinski definition) is 0. The van der Waals surface area contributed by atoms with Crippen molar-refractivity contribution in [3.8, 4) is 0 Å². The van der Waals surface area contributed by atoms with Crippen LogP contribution in [0.25, 0.3) is 0 Å². The first-order valence-corrected chi connectivity index (χ1v) is 9.39. The van der Waals surface area contributed by atoms with Crippen LogP contribution < -0.4 is 0 Å². The van der Waals surface area contributed by atoms with E-state index in [0.29, 0.717) is 0 Å². The topological polar surface area (TPSA) is 0 Å². The van der Waals surface area contributed by atoms with E-state index < -0.39 is 0 Å². The Balaban J connectivity index is 1.85. The van der Waals surface area contributed by atoms with Crippen LogP contribution in [0.5, 0.6) is 0 Å². The van der Waals surface area contributed by atoms with E-state index in [9.17, 15) is 0 Å². The second-order valence-corrected chi connectivity index (χ2v) is 8.92. The van der Waals surface area contributed by atoms with E-state index >= 15 is 0 Å². The second-order valence-electron chi connectivity index (χ2n) is 5.80. The molecule has 0 spiro atoms. The van der Waals surface area contributed by atoms with E-state index in [1.54, 1.807) is 0 Å². The Bertz CT molecular complexity index is 199. The second kappa shape index (κ2) is 6.64. The first-order valence-electron chi connectivity index (χ1n) is 7.16. The van der Waals surface area contributed by atoms with E-state index in [1.807, 2.05) is 0 Å². The van der Waals surface area contributed by atoms with Gasteiger partial charge in [0.05, 0.1) is 0 Å². The van der Waals surface area contributed by atoms with Crippen LogP contribution in [0.4, 0.5) is 0 Å². The Labute approximate surface area is 108 Å². The molecule has 0 N–H and O–H groups in total. The monoisotopic (exact) mass is 258 g/mol. The zero-order valence-electron chi connectivity index (χ0n) is 10.9. The summed E-state index contributed by atoms with van der Waals surface area (Å²) in [4.78, 5) is 0. The third kappa shape index (κ3) is 3.64. The molecule has 1 saturated carbocycles. The van der Waals surface area contributed by atoms with Gasteiger partial charge in [-0.25, -0.2) is 0 Å². The molecule has 1 aliphatic carbocycles. The molecule has 2 fully saturated rings. The van der Waals surface area contributed by atoms with Crippen LogP contribution >= 0.6 is 20.3 Å². The molecule has 94 valence electrons. The lowest BCUT2D eigenvalue weighted by Gasteiger charge is -2.37. The fraction of sp³-hybridized carbons (Fsp3) is 1.00. The van der Waals surface area contributed by atoms with Crippen LogP contribution in [0.2, 0.25) is 0 Å². The summed E-state index contributed by atoms with van der Waals surface area (Å²) < 4.78 is 0. The standard InChI is InChI=1S/C14H27PS/c1-11(2)14-13(9-6-10-15-14)16-12-7-4-3-5-8-12/h11-15H,3-10H2,1-2H3. The first kappa shape index (κ1) is 13.2. The van der Waals surface area contributed by atoms with Gasteiger partial charge < -0.3 is 0 Å². The van der Waals surface area contributed by atoms with Gasteiger partial charge >= 0.3 is 0 Å². The van der Waals surface area contributed by atoms with Crippen molar-refractivity contribution < 1.29 is 0 Å². The highest BCUT2D eigenvalue weighted by atomic mass is 32.2. The van der Waals surface area contributed by atoms with Crippen LogP contribution in [-0.2, 0) is 0 Å². The minimum atomic E-state index is 0.916. The maximum Gasteiger partial charge on any atom is 0.0118 e. The summed E-state index contributed by atoms with van der Waals surface area (Å²) in [6.07, 6.45) is 12.0. The summed E-state index contributed by atoms with van der Waals surface area (Å²) in [6, 6.07) is 0. The predicted molar refractivity (Wildman–Crippen MR) is 79.3 cm³/mol. The quantitative estimate of drug-likeness (QED) is 0.648. The van der Waals surface area contributed by atoms with Gasteiger partial charge in [-0.05, 0) is 43.4 Å². The summed E-state index contributed by atoms with van der Waals surface area (Å²) in [5.41, 5.74) is 1.04. The van der Waals surface area contributed by atoms with E-state index in [-0.39, 0.29) is 0 Å². The smallest absolute Gasteiger partial charge is 0.0118 e. The van der Waals surface area contributed by atoms with Crippen LogP contribution in [-0.4, -0.2) is 22.3 Å². The third-order valence-corrected chi connectivity index (χ3v) is 8.24. The average molecular weight is 258 g/mol. The highest BCUT2D eigenvalue weighted by molar-refractivity contribution is 8.00. The van der Waals surface area contributed by atoms with Gasteiger partial charge in [-0.15, -0.1) is 8.58 Å². The molecule has 1 aliphatic heterocycles. The van der Waals surface area contributed by atoms with Gasteiger partial charge in [0.1, 0.15) is 0 Å². The molecule has 16 heavy (non-hydrogen) atoms. The molecule has 0 nitrogen and oxygen atoms in total. The fourth-order valence-electron chi connectivity index (χ4n) is 3.15. The SMILES string of the molecule is CC(C)C1PCCCC1SC1CCCCC1. The summed E-state index contributed by atoms with van der Waals surface area (Å²) in [6.45, 7) is 4.88. The van der Waals surface area contributed by atoms with E-state index in [1.165, 1.54) is 59.7 Å². The zero-order chi connectivity index (χ0) is 11.4. The first-order chi connectivity index (χ1) is 7.77. The summed E-state index contributed by atoms with van der Waals surface area (Å²) >= 11 is 2.38. The Kier molecular flexibility index (Phi) is 5.49. The molecule has 2 rings (SSSR count). The largest absolute Gasteiger partial charge is 0.155 e. The minimum absolute atomic E-state index is 0.916. The molecule has 3 atom stereocenters. The highest BCUT2D eigenvalue weighted by Crippen LogP contribution is 2.44. The van der Waals surface area contributed by atoms with E-state index in [4.69, 9.17) is 0 Å². The van der Waals surface area contributed by atoms with Gasteiger partial charge in [0.25, 0.3) is 0 Å². The Morgan fingerprint density at radius 1 is 1.00 bits per heavy atom. The van der Waals surface area contributed by atoms with Crippen molar-refractivity contribution in [2.24, 2.45) is 5.92 Å². The average Bonchev–Trinajstić information content (AvgIpc) is 2.31. The summed E-state index contributed by atoms with van der Waals surface area (Å²) in [5, 5.41) is 2.03. The lowest BCUT2D eigenvalue weighted by molar-refractivity contribution is 0.505. The lowest BCUT2D eigenvalue weighted by atomic mass is 10.0. The van der Waals surface area contributed by atoms with Gasteiger partial charge in [-0.3, -0.25) is 0 Å². The molecule has 3 unspecified atom stereocenters. The van der Waals surface area contributed by atoms with Gasteiger partial charge in [-0.1, -0.05) is 33.1 Å². The zero-order valence-corrected chi connectivity index (χ0v) is 12.7. The maximum atomic E-state index is 2.44. The molecular weight excluding hydrogens is 231 g/mol. The molecule has 0 bridgehead atoms. The van der Waals surface area contributed by atoms with Crippen LogP contribution in [0.15, 0.2) is 0 Å². The molecule has 0 aromatic rings. The van der Waals surface area contributed by atoms with Crippen molar-refractivity contribution in [3.05, 3.63) is 0 Å². The van der Waals surface area contributed by atoms with Crippen LogP contribution in [0.3, 0.4) is 0 Å². The normalized spacial score (nSPS) is 34.7. The maximum absolute atomic E-state index is 2.44. The molecule has 0 aromatic heterocycles. The Morgan fingerprint density at radius 3 is 2.44 bits per heavy atom. The van der Waals surface area contributed by atoms with Gasteiger partial charge in [0, 0.05) is 10.5 Å². The molecule has 0 radical (unpaired) electrons. The molecule has 1 heterocycles. The molecule has 2 aliphatic rings. The van der Waals surface area contributed by atoms with E-state index in [2.05, 4.69) is 25.6 Å². The van der Waals surface area contributed by atoms with Crippen molar-refractivity contribution >= 4 is 20.3 Å². The third-order valence-electron chi connectivity index (χ3n) is 4.08. The van der Waals surface area contributed by atoms with Crippen molar-refractivity contribution in [1.29, 1.82) is 0 Å². The van der Waals surface area contributed by atoms with Crippen molar-refractivity contribution in [1.82, 2.24) is 0 Å². The molecule has 1 saturated heterocycles. The number of hydrogen-bond acceptors (Lipinski definition) is 1. The summed E-state index contributed by atoms with van der Waals surface area (Å²) in [5.74, 6) is 0.916. The molecule has 0 aromatic carbocycles. The molecule has 0 amide bonds. The Morgan fingerprint density at radius 2 is 1.75 bits per heavy atom. The van der Waals surface area contributed by atoms with Gasteiger partial charge in [0.15, 0.2) is 0 Å². The molecule has 2 heteroatoms. The minimum Gasteiger partial charge on any atom is -0.155 e. The lowest BCUT2D eigenvalue weighted by Crippen LogP contribution is -2.30. The van der Waals surface area contributed by atoms with Crippen molar-refractivity contribution in [2.45, 2.75) is 75.0 Å². The summed E-state index contributed by atoms with van der Waals surface area (Å²) in [7, 11) is 1.25.